The van der Waals surface area contributed by atoms with Crippen LogP contribution in [0.2, 0.25) is 0 Å². The lowest BCUT2D eigenvalue weighted by Gasteiger charge is -2.15. The predicted molar refractivity (Wildman–Crippen MR) is 74.0 cm³/mol. The summed E-state index contributed by atoms with van der Waals surface area (Å²) >= 11 is 0. The average molecular weight is 235 g/mol. The van der Waals surface area contributed by atoms with Gasteiger partial charge in [-0.2, -0.15) is 0 Å². The molecule has 0 amide bonds. The summed E-state index contributed by atoms with van der Waals surface area (Å²) in [6.45, 7) is 8.37. The Hall–Kier alpha value is -1.02. The van der Waals surface area contributed by atoms with Gasteiger partial charge >= 0.3 is 0 Å². The topological polar surface area (TPSA) is 12.5 Å². The van der Waals surface area contributed by atoms with Gasteiger partial charge in [-0.05, 0) is 49.7 Å². The van der Waals surface area contributed by atoms with Crippen molar-refractivity contribution in [1.29, 1.82) is 0 Å². The summed E-state index contributed by atoms with van der Waals surface area (Å²) < 4.78 is 5.77. The zero-order valence-electron chi connectivity index (χ0n) is 11.8. The SMILES string of the molecule is CCc1ccc(OCCN(C)C)cc1C(C)C. The molecule has 0 aliphatic heterocycles. The third-order valence-electron chi connectivity index (χ3n) is 2.93. The Morgan fingerprint density at radius 1 is 1.24 bits per heavy atom. The van der Waals surface area contributed by atoms with Crippen LogP contribution < -0.4 is 4.74 Å². The molecule has 0 radical (unpaired) electrons. The second-order valence-corrected chi connectivity index (χ2v) is 5.02. The molecule has 0 spiro atoms. The van der Waals surface area contributed by atoms with Crippen LogP contribution in [0.1, 0.15) is 37.8 Å². The van der Waals surface area contributed by atoms with Gasteiger partial charge in [-0.3, -0.25) is 0 Å². The second kappa shape index (κ2) is 6.65. The van der Waals surface area contributed by atoms with E-state index in [1.165, 1.54) is 11.1 Å². The Labute approximate surface area is 106 Å². The van der Waals surface area contributed by atoms with Crippen LogP contribution in [0.3, 0.4) is 0 Å². The van der Waals surface area contributed by atoms with E-state index in [0.717, 1.165) is 25.3 Å². The summed E-state index contributed by atoms with van der Waals surface area (Å²) in [4.78, 5) is 2.13. The number of hydrogen-bond donors (Lipinski definition) is 0. The summed E-state index contributed by atoms with van der Waals surface area (Å²) in [5.41, 5.74) is 2.84. The maximum Gasteiger partial charge on any atom is 0.119 e. The van der Waals surface area contributed by atoms with Crippen molar-refractivity contribution in [2.75, 3.05) is 27.2 Å². The molecule has 0 heterocycles. The fourth-order valence-corrected chi connectivity index (χ4v) is 1.87. The molecule has 0 aliphatic rings. The van der Waals surface area contributed by atoms with E-state index in [0.29, 0.717) is 5.92 Å². The molecule has 0 saturated heterocycles. The predicted octanol–water partition coefficient (Wildman–Crippen LogP) is 3.31. The number of ether oxygens (including phenoxy) is 1. The first-order valence-electron chi connectivity index (χ1n) is 6.45. The van der Waals surface area contributed by atoms with Gasteiger partial charge in [0.15, 0.2) is 0 Å². The molecule has 0 atom stereocenters. The van der Waals surface area contributed by atoms with Gasteiger partial charge in [0.25, 0.3) is 0 Å². The van der Waals surface area contributed by atoms with Gasteiger partial charge in [0.2, 0.25) is 0 Å². The molecule has 0 aromatic heterocycles. The van der Waals surface area contributed by atoms with Crippen LogP contribution in [0.5, 0.6) is 5.75 Å². The van der Waals surface area contributed by atoms with Crippen LogP contribution in [-0.4, -0.2) is 32.1 Å². The van der Waals surface area contributed by atoms with Gasteiger partial charge in [0.05, 0.1) is 0 Å². The van der Waals surface area contributed by atoms with Crippen molar-refractivity contribution in [1.82, 2.24) is 4.90 Å². The highest BCUT2D eigenvalue weighted by Gasteiger charge is 2.07. The highest BCUT2D eigenvalue weighted by Crippen LogP contribution is 2.25. The third kappa shape index (κ3) is 4.39. The molecule has 0 saturated carbocycles. The molecule has 2 nitrogen and oxygen atoms in total. The van der Waals surface area contributed by atoms with Gasteiger partial charge in [-0.25, -0.2) is 0 Å². The van der Waals surface area contributed by atoms with Gasteiger partial charge < -0.3 is 9.64 Å². The van der Waals surface area contributed by atoms with Gasteiger partial charge in [0, 0.05) is 6.54 Å². The first-order valence-corrected chi connectivity index (χ1v) is 6.45. The molecule has 0 fully saturated rings. The Bertz CT molecular complexity index is 345. The van der Waals surface area contributed by atoms with Crippen molar-refractivity contribution in [2.45, 2.75) is 33.1 Å². The molecule has 1 aromatic rings. The minimum atomic E-state index is 0.558. The van der Waals surface area contributed by atoms with Crippen molar-refractivity contribution in [3.05, 3.63) is 29.3 Å². The first kappa shape index (κ1) is 14.0. The number of nitrogens with zero attached hydrogens (tertiary/aromatic N) is 1. The summed E-state index contributed by atoms with van der Waals surface area (Å²) in [6.07, 6.45) is 1.09. The maximum atomic E-state index is 5.77. The highest BCUT2D eigenvalue weighted by molar-refractivity contribution is 5.37. The standard InChI is InChI=1S/C15H25NO/c1-6-13-7-8-14(11-15(13)12(2)3)17-10-9-16(4)5/h7-8,11-12H,6,9-10H2,1-5H3. The minimum absolute atomic E-state index is 0.558. The van der Waals surface area contributed by atoms with E-state index >= 15 is 0 Å². The molecule has 1 rings (SSSR count). The van der Waals surface area contributed by atoms with Crippen molar-refractivity contribution in [3.63, 3.8) is 0 Å². The number of aryl methyl sites for hydroxylation is 1. The zero-order valence-corrected chi connectivity index (χ0v) is 11.8. The lowest BCUT2D eigenvalue weighted by atomic mass is 9.95. The van der Waals surface area contributed by atoms with Crippen molar-refractivity contribution in [2.24, 2.45) is 0 Å². The summed E-state index contributed by atoms with van der Waals surface area (Å²) in [6, 6.07) is 6.47. The molecule has 2 heteroatoms. The lowest BCUT2D eigenvalue weighted by Crippen LogP contribution is -2.19. The van der Waals surface area contributed by atoms with Gasteiger partial charge in [-0.15, -0.1) is 0 Å². The fourth-order valence-electron chi connectivity index (χ4n) is 1.87. The van der Waals surface area contributed by atoms with Crippen LogP contribution in [0.15, 0.2) is 18.2 Å². The van der Waals surface area contributed by atoms with E-state index in [2.05, 4.69) is 58.0 Å². The quantitative estimate of drug-likeness (QED) is 0.750. The van der Waals surface area contributed by atoms with Crippen molar-refractivity contribution < 1.29 is 4.74 Å². The van der Waals surface area contributed by atoms with Gasteiger partial charge in [-0.1, -0.05) is 26.8 Å². The summed E-state index contributed by atoms with van der Waals surface area (Å²) in [5, 5.41) is 0. The molecule has 0 unspecified atom stereocenters. The van der Waals surface area contributed by atoms with Crippen LogP contribution in [-0.2, 0) is 6.42 Å². The normalized spacial score (nSPS) is 11.2. The van der Waals surface area contributed by atoms with Crippen molar-refractivity contribution in [3.8, 4) is 5.75 Å². The highest BCUT2D eigenvalue weighted by atomic mass is 16.5. The molecule has 17 heavy (non-hydrogen) atoms. The fraction of sp³-hybridized carbons (Fsp3) is 0.600. The van der Waals surface area contributed by atoms with Gasteiger partial charge in [0.1, 0.15) is 12.4 Å². The van der Waals surface area contributed by atoms with E-state index in [4.69, 9.17) is 4.74 Å². The monoisotopic (exact) mass is 235 g/mol. The van der Waals surface area contributed by atoms with Crippen molar-refractivity contribution >= 4 is 0 Å². The lowest BCUT2D eigenvalue weighted by molar-refractivity contribution is 0.261. The Kier molecular flexibility index (Phi) is 5.49. The largest absolute Gasteiger partial charge is 0.492 e. The molecule has 0 bridgehead atoms. The molecular weight excluding hydrogens is 210 g/mol. The number of hydrogen-bond acceptors (Lipinski definition) is 2. The van der Waals surface area contributed by atoms with Crippen LogP contribution in [0, 0.1) is 0 Å². The molecule has 0 aliphatic carbocycles. The molecule has 96 valence electrons. The third-order valence-corrected chi connectivity index (χ3v) is 2.93. The Balaban J connectivity index is 2.71. The van der Waals surface area contributed by atoms with Crippen LogP contribution in [0.25, 0.3) is 0 Å². The van der Waals surface area contributed by atoms with Crippen LogP contribution in [0.4, 0.5) is 0 Å². The maximum absolute atomic E-state index is 5.77. The number of rotatable bonds is 6. The van der Waals surface area contributed by atoms with E-state index in [1.807, 2.05) is 0 Å². The first-order chi connectivity index (χ1) is 8.04. The van der Waals surface area contributed by atoms with E-state index in [1.54, 1.807) is 0 Å². The molecule has 1 aromatic carbocycles. The summed E-state index contributed by atoms with van der Waals surface area (Å²) in [5.74, 6) is 1.55. The van der Waals surface area contributed by atoms with E-state index < -0.39 is 0 Å². The number of benzene rings is 1. The minimum Gasteiger partial charge on any atom is -0.492 e. The average Bonchev–Trinajstić information content (AvgIpc) is 2.28. The zero-order chi connectivity index (χ0) is 12.8. The van der Waals surface area contributed by atoms with E-state index in [-0.39, 0.29) is 0 Å². The molecule has 0 N–H and O–H groups in total. The Morgan fingerprint density at radius 3 is 2.47 bits per heavy atom. The number of likely N-dealkylation sites (N-methyl/N-ethyl adjacent to an activating group) is 1. The molecular formula is C15H25NO. The smallest absolute Gasteiger partial charge is 0.119 e. The summed E-state index contributed by atoms with van der Waals surface area (Å²) in [7, 11) is 4.12. The second-order valence-electron chi connectivity index (χ2n) is 5.02. The van der Waals surface area contributed by atoms with E-state index in [9.17, 15) is 0 Å². The van der Waals surface area contributed by atoms with Crippen LogP contribution >= 0.6 is 0 Å². The Morgan fingerprint density at radius 2 is 1.94 bits per heavy atom.